The highest BCUT2D eigenvalue weighted by atomic mass is 79.9. The van der Waals surface area contributed by atoms with E-state index in [2.05, 4.69) is 21.2 Å². The van der Waals surface area contributed by atoms with Gasteiger partial charge in [-0.3, -0.25) is 4.79 Å². The van der Waals surface area contributed by atoms with E-state index in [9.17, 15) is 13.2 Å². The van der Waals surface area contributed by atoms with E-state index in [1.54, 1.807) is 24.3 Å². The van der Waals surface area contributed by atoms with Crippen LogP contribution in [0.5, 0.6) is 0 Å². The smallest absolute Gasteiger partial charge is 0.243 e. The molecule has 5 nitrogen and oxygen atoms in total. The Morgan fingerprint density at radius 1 is 1.23 bits per heavy atom. The predicted molar refractivity (Wildman–Crippen MR) is 86.8 cm³/mol. The normalized spacial score (nSPS) is 22.7. The van der Waals surface area contributed by atoms with Crippen molar-refractivity contribution in [2.75, 3.05) is 13.1 Å². The largest absolute Gasteiger partial charge is 0.354 e. The standard InChI is InChI=1S/C15H19BrN2O3S/c16-12-5-7-13(8-6-12)22(20,21)18-9-1-2-14(18)15(19)17-10-11-3-4-11/h5-8,11,14H,1-4,9-10H2,(H,17,19). The summed E-state index contributed by atoms with van der Waals surface area (Å²) in [7, 11) is -3.62. The highest BCUT2D eigenvalue weighted by molar-refractivity contribution is 9.10. The number of amides is 1. The van der Waals surface area contributed by atoms with Gasteiger partial charge in [-0.1, -0.05) is 15.9 Å². The van der Waals surface area contributed by atoms with Crippen molar-refractivity contribution in [2.24, 2.45) is 5.92 Å². The zero-order valence-electron chi connectivity index (χ0n) is 12.2. The third kappa shape index (κ3) is 3.36. The van der Waals surface area contributed by atoms with Gasteiger partial charge in [-0.25, -0.2) is 8.42 Å². The number of nitrogens with one attached hydrogen (secondary N) is 1. The van der Waals surface area contributed by atoms with Crippen LogP contribution >= 0.6 is 15.9 Å². The van der Waals surface area contributed by atoms with Crippen LogP contribution in [0.4, 0.5) is 0 Å². The van der Waals surface area contributed by atoms with Crippen LogP contribution in [0.2, 0.25) is 0 Å². The van der Waals surface area contributed by atoms with Gasteiger partial charge in [0.25, 0.3) is 0 Å². The van der Waals surface area contributed by atoms with Crippen LogP contribution in [0.15, 0.2) is 33.6 Å². The number of carbonyl (C=O) groups excluding carboxylic acids is 1. The van der Waals surface area contributed by atoms with E-state index in [0.29, 0.717) is 25.4 Å². The average molecular weight is 387 g/mol. The maximum absolute atomic E-state index is 12.7. The molecule has 120 valence electrons. The molecule has 2 fully saturated rings. The summed E-state index contributed by atoms with van der Waals surface area (Å²) in [5.41, 5.74) is 0. The molecule has 1 aliphatic heterocycles. The summed E-state index contributed by atoms with van der Waals surface area (Å²) >= 11 is 3.30. The quantitative estimate of drug-likeness (QED) is 0.842. The zero-order chi connectivity index (χ0) is 15.7. The van der Waals surface area contributed by atoms with Crippen molar-refractivity contribution in [3.63, 3.8) is 0 Å². The fourth-order valence-electron chi connectivity index (χ4n) is 2.72. The minimum atomic E-state index is -3.62. The molecule has 1 saturated heterocycles. The number of rotatable bonds is 5. The molecular formula is C15H19BrN2O3S. The summed E-state index contributed by atoms with van der Waals surface area (Å²) in [5, 5.41) is 2.90. The second-order valence-electron chi connectivity index (χ2n) is 5.92. The Labute approximate surface area is 139 Å². The van der Waals surface area contributed by atoms with Crippen LogP contribution in [-0.2, 0) is 14.8 Å². The van der Waals surface area contributed by atoms with E-state index < -0.39 is 16.1 Å². The van der Waals surface area contributed by atoms with Crippen molar-refractivity contribution in [3.8, 4) is 0 Å². The van der Waals surface area contributed by atoms with Crippen molar-refractivity contribution in [3.05, 3.63) is 28.7 Å². The van der Waals surface area contributed by atoms with Crippen LogP contribution in [0, 0.1) is 5.92 Å². The number of benzene rings is 1. The number of hydrogen-bond acceptors (Lipinski definition) is 3. The van der Waals surface area contributed by atoms with Gasteiger partial charge >= 0.3 is 0 Å². The van der Waals surface area contributed by atoms with Gasteiger partial charge in [0, 0.05) is 17.6 Å². The molecule has 7 heteroatoms. The lowest BCUT2D eigenvalue weighted by Gasteiger charge is -2.23. The van der Waals surface area contributed by atoms with Crippen LogP contribution in [0.3, 0.4) is 0 Å². The summed E-state index contributed by atoms with van der Waals surface area (Å²) in [5.74, 6) is 0.423. The molecule has 1 atom stereocenters. The first-order valence-electron chi connectivity index (χ1n) is 7.53. The summed E-state index contributed by atoms with van der Waals surface area (Å²) in [6.07, 6.45) is 3.63. The third-order valence-electron chi connectivity index (χ3n) is 4.19. The fraction of sp³-hybridized carbons (Fsp3) is 0.533. The van der Waals surface area contributed by atoms with Gasteiger partial charge in [-0.15, -0.1) is 0 Å². The third-order valence-corrected chi connectivity index (χ3v) is 6.64. The van der Waals surface area contributed by atoms with Crippen LogP contribution in [0.1, 0.15) is 25.7 Å². The van der Waals surface area contributed by atoms with Crippen molar-refractivity contribution in [1.82, 2.24) is 9.62 Å². The Balaban J connectivity index is 1.75. The first-order chi connectivity index (χ1) is 10.5. The maximum atomic E-state index is 12.7. The van der Waals surface area contributed by atoms with E-state index in [0.717, 1.165) is 23.7 Å². The Morgan fingerprint density at radius 3 is 2.55 bits per heavy atom. The highest BCUT2D eigenvalue weighted by Crippen LogP contribution is 2.29. The number of halogens is 1. The van der Waals surface area contributed by atoms with Crippen molar-refractivity contribution < 1.29 is 13.2 Å². The molecule has 0 spiro atoms. The molecule has 1 unspecified atom stereocenters. The van der Waals surface area contributed by atoms with Gasteiger partial charge in [-0.05, 0) is 55.9 Å². The minimum absolute atomic E-state index is 0.162. The monoisotopic (exact) mass is 386 g/mol. The SMILES string of the molecule is O=C(NCC1CC1)C1CCCN1S(=O)(=O)c1ccc(Br)cc1. The van der Waals surface area contributed by atoms with Crippen molar-refractivity contribution >= 4 is 31.9 Å². The molecule has 1 aromatic rings. The summed E-state index contributed by atoms with van der Waals surface area (Å²) in [4.78, 5) is 12.5. The summed E-state index contributed by atoms with van der Waals surface area (Å²) in [6, 6.07) is 5.96. The minimum Gasteiger partial charge on any atom is -0.354 e. The Kier molecular flexibility index (Phi) is 4.56. The van der Waals surface area contributed by atoms with Crippen LogP contribution < -0.4 is 5.32 Å². The summed E-state index contributed by atoms with van der Waals surface area (Å²) in [6.45, 7) is 1.07. The van der Waals surface area contributed by atoms with E-state index in [4.69, 9.17) is 0 Å². The molecule has 0 aromatic heterocycles. The summed E-state index contributed by atoms with van der Waals surface area (Å²) < 4.78 is 27.7. The molecule has 1 amide bonds. The lowest BCUT2D eigenvalue weighted by atomic mass is 10.2. The first-order valence-corrected chi connectivity index (χ1v) is 9.77. The molecular weight excluding hydrogens is 368 g/mol. The van der Waals surface area contributed by atoms with Crippen LogP contribution in [0.25, 0.3) is 0 Å². The first kappa shape index (κ1) is 16.0. The van der Waals surface area contributed by atoms with Gasteiger partial charge in [0.1, 0.15) is 6.04 Å². The van der Waals surface area contributed by atoms with Gasteiger partial charge in [0.05, 0.1) is 4.90 Å². The van der Waals surface area contributed by atoms with Gasteiger partial charge in [0.15, 0.2) is 0 Å². The maximum Gasteiger partial charge on any atom is 0.243 e. The van der Waals surface area contributed by atoms with Gasteiger partial charge in [-0.2, -0.15) is 4.31 Å². The molecule has 2 aliphatic rings. The fourth-order valence-corrected chi connectivity index (χ4v) is 4.64. The van der Waals surface area contributed by atoms with Gasteiger partial charge < -0.3 is 5.32 Å². The molecule has 22 heavy (non-hydrogen) atoms. The second-order valence-corrected chi connectivity index (χ2v) is 8.72. The van der Waals surface area contributed by atoms with E-state index in [1.807, 2.05) is 0 Å². The molecule has 1 saturated carbocycles. The average Bonchev–Trinajstić information content (AvgIpc) is 3.18. The Bertz CT molecular complexity index is 656. The molecule has 1 N–H and O–H groups in total. The number of hydrogen-bond donors (Lipinski definition) is 1. The molecule has 1 aliphatic carbocycles. The van der Waals surface area contributed by atoms with E-state index in [1.165, 1.54) is 4.31 Å². The second kappa shape index (κ2) is 6.29. The van der Waals surface area contributed by atoms with Gasteiger partial charge in [0.2, 0.25) is 15.9 Å². The molecule has 1 aromatic carbocycles. The van der Waals surface area contributed by atoms with Crippen LogP contribution in [-0.4, -0.2) is 37.8 Å². The van der Waals surface area contributed by atoms with Crippen molar-refractivity contribution in [1.29, 1.82) is 0 Å². The number of carbonyl (C=O) groups is 1. The lowest BCUT2D eigenvalue weighted by molar-refractivity contribution is -0.124. The number of nitrogens with zero attached hydrogens (tertiary/aromatic N) is 1. The molecule has 0 radical (unpaired) electrons. The molecule has 0 bridgehead atoms. The predicted octanol–water partition coefficient (Wildman–Crippen LogP) is 2.13. The highest BCUT2D eigenvalue weighted by Gasteiger charge is 2.39. The van der Waals surface area contributed by atoms with E-state index in [-0.39, 0.29) is 10.8 Å². The number of sulfonamides is 1. The molecule has 1 heterocycles. The Morgan fingerprint density at radius 2 is 1.91 bits per heavy atom. The van der Waals surface area contributed by atoms with Crippen molar-refractivity contribution in [2.45, 2.75) is 36.6 Å². The molecule has 3 rings (SSSR count). The zero-order valence-corrected chi connectivity index (χ0v) is 14.6. The Hall–Kier alpha value is -0.920. The topological polar surface area (TPSA) is 66.5 Å². The van der Waals surface area contributed by atoms with E-state index >= 15 is 0 Å². The lowest BCUT2D eigenvalue weighted by Crippen LogP contribution is -2.46.